The second-order valence-electron chi connectivity index (χ2n) is 7.90. The number of nitrogens with zero attached hydrogens (tertiary/aromatic N) is 1. The van der Waals surface area contributed by atoms with Crippen molar-refractivity contribution in [1.82, 2.24) is 4.90 Å². The van der Waals surface area contributed by atoms with Crippen LogP contribution in [0.1, 0.15) is 33.6 Å². The lowest BCUT2D eigenvalue weighted by molar-refractivity contribution is -0.169. The molecule has 0 unspecified atom stereocenters. The summed E-state index contributed by atoms with van der Waals surface area (Å²) < 4.78 is 15.6. The average Bonchev–Trinajstić information content (AvgIpc) is 2.67. The van der Waals surface area contributed by atoms with Crippen LogP contribution in [0.4, 0.5) is 0 Å². The highest BCUT2D eigenvalue weighted by molar-refractivity contribution is 6.01. The lowest BCUT2D eigenvalue weighted by Crippen LogP contribution is -2.45. The first-order valence-corrected chi connectivity index (χ1v) is 9.87. The molecule has 30 heavy (non-hydrogen) atoms. The third kappa shape index (κ3) is 5.99. The van der Waals surface area contributed by atoms with Crippen LogP contribution in [-0.4, -0.2) is 78.8 Å². The normalized spacial score (nSPS) is 32.5. The second-order valence-corrected chi connectivity index (χ2v) is 7.90. The maximum absolute atomic E-state index is 12.9. The van der Waals surface area contributed by atoms with Crippen LogP contribution in [0.15, 0.2) is 23.3 Å². The summed E-state index contributed by atoms with van der Waals surface area (Å²) in [5.41, 5.74) is -1.59. The van der Waals surface area contributed by atoms with Crippen molar-refractivity contribution in [3.8, 4) is 0 Å². The SMILES string of the molecule is CC(=O)OC/C=C1/C[C@@H](C)[C@@](C)(O)C(=O)OC/C2=C/CN(C)CC[C@@H](OC1=O)C2=O. The Morgan fingerprint density at radius 3 is 2.77 bits per heavy atom. The lowest BCUT2D eigenvalue weighted by atomic mass is 9.85. The molecule has 1 saturated heterocycles. The van der Waals surface area contributed by atoms with E-state index in [0.717, 1.165) is 0 Å². The minimum absolute atomic E-state index is 0.0360. The van der Waals surface area contributed by atoms with Gasteiger partial charge < -0.3 is 24.2 Å². The van der Waals surface area contributed by atoms with Crippen molar-refractivity contribution in [2.75, 3.05) is 33.4 Å². The molecule has 0 aromatic heterocycles. The van der Waals surface area contributed by atoms with Crippen molar-refractivity contribution < 1.29 is 38.5 Å². The van der Waals surface area contributed by atoms with E-state index in [1.807, 2.05) is 11.9 Å². The van der Waals surface area contributed by atoms with Crippen LogP contribution in [-0.2, 0) is 33.4 Å². The number of hydrogen-bond acceptors (Lipinski definition) is 9. The number of ketones is 1. The van der Waals surface area contributed by atoms with Crippen molar-refractivity contribution in [2.45, 2.75) is 45.3 Å². The van der Waals surface area contributed by atoms with Crippen LogP contribution in [0.25, 0.3) is 0 Å². The smallest absolute Gasteiger partial charge is 0.338 e. The van der Waals surface area contributed by atoms with E-state index >= 15 is 0 Å². The fourth-order valence-corrected chi connectivity index (χ4v) is 3.11. The standard InChI is InChI=1S/C21H29NO8/c1-13-11-15(7-10-28-14(2)23)19(25)30-17-6-9-22(4)8-5-16(18(17)24)12-29-20(26)21(13,3)27/h5,7,13,17,27H,6,8-12H2,1-4H3/b15-7-,16-5-/t13-,17-,21-/m1/s1. The fourth-order valence-electron chi connectivity index (χ4n) is 3.11. The molecule has 2 bridgehead atoms. The Morgan fingerprint density at radius 2 is 2.10 bits per heavy atom. The Kier molecular flexibility index (Phi) is 7.91. The quantitative estimate of drug-likeness (QED) is 0.386. The molecule has 2 aliphatic heterocycles. The fraction of sp³-hybridized carbons (Fsp3) is 0.619. The molecule has 0 aliphatic carbocycles. The molecule has 1 fully saturated rings. The van der Waals surface area contributed by atoms with Gasteiger partial charge in [0.1, 0.15) is 13.2 Å². The second kappa shape index (κ2) is 9.99. The molecular formula is C21H29NO8. The first-order chi connectivity index (χ1) is 14.0. The van der Waals surface area contributed by atoms with Gasteiger partial charge in [0, 0.05) is 37.6 Å². The van der Waals surface area contributed by atoms with Crippen LogP contribution >= 0.6 is 0 Å². The molecule has 0 aromatic carbocycles. The summed E-state index contributed by atoms with van der Waals surface area (Å²) in [6.45, 7) is 4.65. The molecular weight excluding hydrogens is 394 g/mol. The first-order valence-electron chi connectivity index (χ1n) is 9.87. The highest BCUT2D eigenvalue weighted by Gasteiger charge is 2.41. The number of fused-ring (bicyclic) bond motifs is 2. The van der Waals surface area contributed by atoms with E-state index in [9.17, 15) is 24.3 Å². The van der Waals surface area contributed by atoms with Gasteiger partial charge in [-0.05, 0) is 32.4 Å². The zero-order valence-electron chi connectivity index (χ0n) is 17.8. The highest BCUT2D eigenvalue weighted by Crippen LogP contribution is 2.28. The molecule has 0 amide bonds. The van der Waals surface area contributed by atoms with E-state index in [4.69, 9.17) is 14.2 Å². The number of carbonyl (C=O) groups excluding carboxylic acids is 4. The molecule has 2 heterocycles. The van der Waals surface area contributed by atoms with Gasteiger partial charge in [-0.15, -0.1) is 0 Å². The predicted molar refractivity (Wildman–Crippen MR) is 105 cm³/mol. The number of ether oxygens (including phenoxy) is 3. The summed E-state index contributed by atoms with van der Waals surface area (Å²) in [6.07, 6.45) is 2.22. The number of Topliss-reactive ketones (excluding diaryl/α,β-unsaturated/α-hetero) is 1. The van der Waals surface area contributed by atoms with Crippen molar-refractivity contribution in [3.63, 3.8) is 0 Å². The Bertz CT molecular complexity index is 767. The van der Waals surface area contributed by atoms with Crippen molar-refractivity contribution in [2.24, 2.45) is 5.92 Å². The number of hydrogen-bond donors (Lipinski definition) is 1. The lowest BCUT2D eigenvalue weighted by Gasteiger charge is -2.31. The number of esters is 3. The van der Waals surface area contributed by atoms with E-state index in [-0.39, 0.29) is 37.2 Å². The first kappa shape index (κ1) is 23.8. The molecule has 0 aromatic rings. The maximum Gasteiger partial charge on any atom is 0.338 e. The average molecular weight is 423 g/mol. The molecule has 2 aliphatic rings. The van der Waals surface area contributed by atoms with Crippen molar-refractivity contribution in [3.05, 3.63) is 23.3 Å². The zero-order valence-corrected chi connectivity index (χ0v) is 17.8. The minimum atomic E-state index is -1.90. The molecule has 166 valence electrons. The van der Waals surface area contributed by atoms with Crippen LogP contribution in [0.3, 0.4) is 0 Å². The molecule has 9 heteroatoms. The summed E-state index contributed by atoms with van der Waals surface area (Å²) in [5, 5.41) is 10.7. The number of aliphatic hydroxyl groups is 1. The highest BCUT2D eigenvalue weighted by atomic mass is 16.6. The third-order valence-electron chi connectivity index (χ3n) is 5.42. The van der Waals surface area contributed by atoms with Crippen LogP contribution in [0, 0.1) is 5.92 Å². The van der Waals surface area contributed by atoms with Crippen molar-refractivity contribution >= 4 is 23.7 Å². The van der Waals surface area contributed by atoms with Gasteiger partial charge >= 0.3 is 17.9 Å². The molecule has 9 nitrogen and oxygen atoms in total. The van der Waals surface area contributed by atoms with Crippen LogP contribution in [0.2, 0.25) is 0 Å². The van der Waals surface area contributed by atoms with Gasteiger partial charge in [0.15, 0.2) is 11.7 Å². The minimum Gasteiger partial charge on any atom is -0.462 e. The molecule has 0 saturated carbocycles. The van der Waals surface area contributed by atoms with Crippen LogP contribution in [0.5, 0.6) is 0 Å². The predicted octanol–water partition coefficient (Wildman–Crippen LogP) is 0.553. The monoisotopic (exact) mass is 423 g/mol. The van der Waals surface area contributed by atoms with E-state index in [0.29, 0.717) is 13.1 Å². The summed E-state index contributed by atoms with van der Waals surface area (Å²) >= 11 is 0. The van der Waals surface area contributed by atoms with Gasteiger partial charge in [0.05, 0.1) is 0 Å². The third-order valence-corrected chi connectivity index (χ3v) is 5.42. The van der Waals surface area contributed by atoms with E-state index in [1.165, 1.54) is 19.9 Å². The molecule has 2 rings (SSSR count). The molecule has 1 N–H and O–H groups in total. The Morgan fingerprint density at radius 1 is 1.40 bits per heavy atom. The van der Waals surface area contributed by atoms with Crippen molar-refractivity contribution in [1.29, 1.82) is 0 Å². The summed E-state index contributed by atoms with van der Waals surface area (Å²) in [7, 11) is 1.86. The van der Waals surface area contributed by atoms with Gasteiger partial charge in [-0.3, -0.25) is 9.59 Å². The number of carbonyl (C=O) groups is 4. The van der Waals surface area contributed by atoms with Crippen LogP contribution < -0.4 is 0 Å². The molecule has 3 atom stereocenters. The number of rotatable bonds is 2. The Balaban J connectivity index is 2.42. The molecule has 0 radical (unpaired) electrons. The number of likely N-dealkylation sites (N-methyl/N-ethyl adjacent to an activating group) is 1. The molecule has 0 spiro atoms. The van der Waals surface area contributed by atoms with Gasteiger partial charge in [-0.2, -0.15) is 0 Å². The van der Waals surface area contributed by atoms with E-state index in [1.54, 1.807) is 13.0 Å². The largest absolute Gasteiger partial charge is 0.462 e. The topological polar surface area (TPSA) is 119 Å². The van der Waals surface area contributed by atoms with E-state index < -0.39 is 41.3 Å². The van der Waals surface area contributed by atoms with Gasteiger partial charge in [0.2, 0.25) is 5.78 Å². The summed E-state index contributed by atoms with van der Waals surface area (Å²) in [4.78, 5) is 51.3. The maximum atomic E-state index is 12.9. The summed E-state index contributed by atoms with van der Waals surface area (Å²) in [5.74, 6) is -3.30. The van der Waals surface area contributed by atoms with E-state index in [2.05, 4.69) is 0 Å². The Hall–Kier alpha value is -2.52. The van der Waals surface area contributed by atoms with Gasteiger partial charge in [-0.1, -0.05) is 13.0 Å². The van der Waals surface area contributed by atoms with Gasteiger partial charge in [-0.25, -0.2) is 9.59 Å². The number of cyclic esters (lactones) is 1. The summed E-state index contributed by atoms with van der Waals surface area (Å²) in [6, 6.07) is 0. The van der Waals surface area contributed by atoms with Gasteiger partial charge in [0.25, 0.3) is 0 Å². The zero-order chi connectivity index (χ0) is 22.5. The Labute approximate surface area is 175 Å².